The van der Waals surface area contributed by atoms with Gasteiger partial charge in [-0.2, -0.15) is 0 Å². The Balaban J connectivity index is 2.51. The average molecular weight is 253 g/mol. The first-order chi connectivity index (χ1) is 8.54. The topological polar surface area (TPSA) is 106 Å². The van der Waals surface area contributed by atoms with Crippen molar-refractivity contribution in [1.82, 2.24) is 10.3 Å². The van der Waals surface area contributed by atoms with E-state index in [2.05, 4.69) is 10.3 Å². The van der Waals surface area contributed by atoms with Crippen LogP contribution in [0.4, 0.5) is 17.3 Å². The highest BCUT2D eigenvalue weighted by Crippen LogP contribution is 2.16. The number of ether oxygens (including phenoxy) is 1. The van der Waals surface area contributed by atoms with Gasteiger partial charge >= 0.3 is 0 Å². The van der Waals surface area contributed by atoms with Gasteiger partial charge in [0.2, 0.25) is 5.91 Å². The van der Waals surface area contributed by atoms with Gasteiger partial charge in [0, 0.05) is 20.7 Å². The molecule has 0 unspecified atom stereocenters. The molecule has 7 nitrogen and oxygen atoms in total. The van der Waals surface area contributed by atoms with Gasteiger partial charge in [-0.15, -0.1) is 0 Å². The minimum absolute atomic E-state index is 0.105. The SMILES string of the molecule is COCCNC(=O)CN(C)c1ccc(N)c(N)n1. The Kier molecular flexibility index (Phi) is 5.19. The van der Waals surface area contributed by atoms with Crippen LogP contribution in [0.5, 0.6) is 0 Å². The van der Waals surface area contributed by atoms with Crippen LogP contribution < -0.4 is 21.7 Å². The van der Waals surface area contributed by atoms with E-state index in [-0.39, 0.29) is 18.3 Å². The number of hydrogen-bond acceptors (Lipinski definition) is 6. The first-order valence-corrected chi connectivity index (χ1v) is 5.53. The fraction of sp³-hybridized carbons (Fsp3) is 0.455. The number of likely N-dealkylation sites (N-methyl/N-ethyl adjacent to an activating group) is 1. The number of carbonyl (C=O) groups excluding carboxylic acids is 1. The number of hydrogen-bond donors (Lipinski definition) is 3. The quantitative estimate of drug-likeness (QED) is 0.587. The van der Waals surface area contributed by atoms with Gasteiger partial charge < -0.3 is 26.4 Å². The van der Waals surface area contributed by atoms with E-state index in [1.165, 1.54) is 0 Å². The van der Waals surface area contributed by atoms with E-state index in [1.54, 1.807) is 31.2 Å². The van der Waals surface area contributed by atoms with Crippen LogP contribution in [0.3, 0.4) is 0 Å². The molecule has 0 aliphatic rings. The Hall–Kier alpha value is -2.02. The van der Waals surface area contributed by atoms with Crippen molar-refractivity contribution in [1.29, 1.82) is 0 Å². The van der Waals surface area contributed by atoms with Crippen molar-refractivity contribution in [2.75, 3.05) is 50.2 Å². The first kappa shape index (κ1) is 14.0. The van der Waals surface area contributed by atoms with Crippen LogP contribution in [0, 0.1) is 0 Å². The number of amides is 1. The fourth-order valence-corrected chi connectivity index (χ4v) is 1.33. The molecule has 0 saturated heterocycles. The molecule has 0 spiro atoms. The van der Waals surface area contributed by atoms with Gasteiger partial charge in [0.05, 0.1) is 18.8 Å². The van der Waals surface area contributed by atoms with Gasteiger partial charge in [-0.1, -0.05) is 0 Å². The number of carbonyl (C=O) groups is 1. The minimum Gasteiger partial charge on any atom is -0.396 e. The van der Waals surface area contributed by atoms with Gasteiger partial charge in [-0.25, -0.2) is 4.98 Å². The molecule has 0 aliphatic carbocycles. The predicted molar refractivity (Wildman–Crippen MR) is 71.2 cm³/mol. The lowest BCUT2D eigenvalue weighted by molar-refractivity contribution is -0.119. The smallest absolute Gasteiger partial charge is 0.239 e. The van der Waals surface area contributed by atoms with E-state index in [0.717, 1.165) is 0 Å². The van der Waals surface area contributed by atoms with Crippen LogP contribution in [-0.4, -0.2) is 44.7 Å². The Labute approximate surface area is 106 Å². The van der Waals surface area contributed by atoms with Crippen molar-refractivity contribution in [3.8, 4) is 0 Å². The molecule has 1 aromatic heterocycles. The normalized spacial score (nSPS) is 10.1. The summed E-state index contributed by atoms with van der Waals surface area (Å²) in [5.41, 5.74) is 11.6. The zero-order valence-electron chi connectivity index (χ0n) is 10.6. The zero-order valence-corrected chi connectivity index (χ0v) is 10.6. The summed E-state index contributed by atoms with van der Waals surface area (Å²) < 4.78 is 4.84. The first-order valence-electron chi connectivity index (χ1n) is 5.53. The highest BCUT2D eigenvalue weighted by molar-refractivity contribution is 5.81. The van der Waals surface area contributed by atoms with Gasteiger partial charge in [-0.05, 0) is 12.1 Å². The molecular weight excluding hydrogens is 234 g/mol. The second-order valence-corrected chi connectivity index (χ2v) is 3.84. The molecule has 1 aromatic rings. The number of rotatable bonds is 6. The maximum atomic E-state index is 11.6. The van der Waals surface area contributed by atoms with Crippen LogP contribution in [-0.2, 0) is 9.53 Å². The van der Waals surface area contributed by atoms with Gasteiger partial charge in [-0.3, -0.25) is 4.79 Å². The van der Waals surface area contributed by atoms with Crippen LogP contribution in [0.25, 0.3) is 0 Å². The van der Waals surface area contributed by atoms with Gasteiger partial charge in [0.15, 0.2) is 0 Å². The van der Waals surface area contributed by atoms with E-state index in [1.807, 2.05) is 0 Å². The number of methoxy groups -OCH3 is 1. The van der Waals surface area contributed by atoms with E-state index in [4.69, 9.17) is 16.2 Å². The summed E-state index contributed by atoms with van der Waals surface area (Å²) >= 11 is 0. The van der Waals surface area contributed by atoms with Crippen LogP contribution >= 0.6 is 0 Å². The Bertz CT molecular complexity index is 410. The molecule has 1 heterocycles. The summed E-state index contributed by atoms with van der Waals surface area (Å²) in [7, 11) is 3.34. The molecule has 0 bridgehead atoms. The van der Waals surface area contributed by atoms with Crippen molar-refractivity contribution in [3.63, 3.8) is 0 Å². The van der Waals surface area contributed by atoms with Gasteiger partial charge in [0.25, 0.3) is 0 Å². The maximum absolute atomic E-state index is 11.6. The fourth-order valence-electron chi connectivity index (χ4n) is 1.33. The monoisotopic (exact) mass is 253 g/mol. The lowest BCUT2D eigenvalue weighted by Gasteiger charge is -2.18. The number of nitrogens with zero attached hydrogens (tertiary/aromatic N) is 2. The molecule has 18 heavy (non-hydrogen) atoms. The molecule has 7 heteroatoms. The highest BCUT2D eigenvalue weighted by Gasteiger charge is 2.09. The van der Waals surface area contributed by atoms with E-state index in [0.29, 0.717) is 24.7 Å². The minimum atomic E-state index is -0.105. The van der Waals surface area contributed by atoms with Crippen molar-refractivity contribution >= 4 is 23.2 Å². The number of anilines is 3. The summed E-state index contributed by atoms with van der Waals surface area (Å²) in [6, 6.07) is 3.38. The molecule has 0 atom stereocenters. The summed E-state index contributed by atoms with van der Waals surface area (Å²) in [5, 5.41) is 2.72. The molecule has 0 saturated carbocycles. The molecule has 1 amide bonds. The van der Waals surface area contributed by atoms with E-state index in [9.17, 15) is 4.79 Å². The number of pyridine rings is 1. The number of aromatic nitrogens is 1. The molecule has 100 valence electrons. The van der Waals surface area contributed by atoms with Gasteiger partial charge in [0.1, 0.15) is 11.6 Å². The second kappa shape index (κ2) is 6.65. The Morgan fingerprint density at radius 2 is 2.22 bits per heavy atom. The molecule has 0 aromatic carbocycles. The van der Waals surface area contributed by atoms with Crippen LogP contribution in [0.1, 0.15) is 0 Å². The van der Waals surface area contributed by atoms with E-state index >= 15 is 0 Å². The lowest BCUT2D eigenvalue weighted by atomic mass is 10.3. The van der Waals surface area contributed by atoms with Crippen molar-refractivity contribution < 1.29 is 9.53 Å². The highest BCUT2D eigenvalue weighted by atomic mass is 16.5. The summed E-state index contributed by atoms with van der Waals surface area (Å²) in [5.74, 6) is 0.759. The summed E-state index contributed by atoms with van der Waals surface area (Å²) in [4.78, 5) is 17.3. The second-order valence-electron chi connectivity index (χ2n) is 3.84. The Morgan fingerprint density at radius 1 is 1.50 bits per heavy atom. The number of nitrogen functional groups attached to an aromatic ring is 2. The number of nitrogens with one attached hydrogen (secondary N) is 1. The van der Waals surface area contributed by atoms with Crippen molar-refractivity contribution in [2.24, 2.45) is 0 Å². The van der Waals surface area contributed by atoms with Crippen LogP contribution in [0.15, 0.2) is 12.1 Å². The third kappa shape index (κ3) is 4.10. The van der Waals surface area contributed by atoms with E-state index < -0.39 is 0 Å². The number of nitrogens with two attached hydrogens (primary N) is 2. The third-order valence-corrected chi connectivity index (χ3v) is 2.34. The van der Waals surface area contributed by atoms with Crippen LogP contribution in [0.2, 0.25) is 0 Å². The molecule has 5 N–H and O–H groups in total. The van der Waals surface area contributed by atoms with Crippen molar-refractivity contribution in [3.05, 3.63) is 12.1 Å². The molecule has 0 aliphatic heterocycles. The molecule has 0 radical (unpaired) electrons. The van der Waals surface area contributed by atoms with Crippen molar-refractivity contribution in [2.45, 2.75) is 0 Å². The standard InChI is InChI=1S/C11H19N5O2/c1-16(7-10(17)14-5-6-18-2)9-4-3-8(12)11(13)15-9/h3-4H,5-7,12H2,1-2H3,(H2,13,15)(H,14,17). The lowest BCUT2D eigenvalue weighted by Crippen LogP contribution is -2.37. The third-order valence-electron chi connectivity index (χ3n) is 2.34. The largest absolute Gasteiger partial charge is 0.396 e. The summed E-state index contributed by atoms with van der Waals surface area (Å²) in [6.45, 7) is 1.17. The summed E-state index contributed by atoms with van der Waals surface area (Å²) in [6.07, 6.45) is 0. The molecular formula is C11H19N5O2. The maximum Gasteiger partial charge on any atom is 0.239 e. The molecule has 1 rings (SSSR count). The average Bonchev–Trinajstić information content (AvgIpc) is 2.33. The Morgan fingerprint density at radius 3 is 2.83 bits per heavy atom. The zero-order chi connectivity index (χ0) is 13.5. The molecule has 0 fully saturated rings. The predicted octanol–water partition coefficient (Wildman–Crippen LogP) is -0.555.